The van der Waals surface area contributed by atoms with Crippen LogP contribution in [0.1, 0.15) is 42.1 Å². The first-order valence-electron chi connectivity index (χ1n) is 11.2. The number of rotatable bonds is 4. The summed E-state index contributed by atoms with van der Waals surface area (Å²) in [5.74, 6) is 1.32. The Balaban J connectivity index is 1.25. The van der Waals surface area contributed by atoms with E-state index >= 15 is 0 Å². The predicted molar refractivity (Wildman–Crippen MR) is 130 cm³/mol. The fourth-order valence-electron chi connectivity index (χ4n) is 4.44. The molecule has 1 aliphatic heterocycles. The Kier molecular flexibility index (Phi) is 4.38. The van der Waals surface area contributed by atoms with Gasteiger partial charge in [0, 0.05) is 17.2 Å². The summed E-state index contributed by atoms with van der Waals surface area (Å²) in [5, 5.41) is 18.8. The lowest BCUT2D eigenvalue weighted by Gasteiger charge is -2.27. The highest BCUT2D eigenvalue weighted by Crippen LogP contribution is 2.38. The molecule has 1 saturated carbocycles. The molecule has 1 fully saturated rings. The molecule has 160 valence electrons. The Morgan fingerprint density at radius 1 is 1.00 bits per heavy atom. The average Bonchev–Trinajstić information content (AvgIpc) is 3.39. The molecule has 6 rings (SSSR count). The van der Waals surface area contributed by atoms with Crippen LogP contribution in [0.15, 0.2) is 60.7 Å². The molecule has 1 unspecified atom stereocenters. The van der Waals surface area contributed by atoms with Gasteiger partial charge in [0.15, 0.2) is 0 Å². The summed E-state index contributed by atoms with van der Waals surface area (Å²) in [7, 11) is 0. The lowest BCUT2D eigenvalue weighted by atomic mass is 9.93. The van der Waals surface area contributed by atoms with E-state index in [1.165, 1.54) is 17.5 Å². The van der Waals surface area contributed by atoms with E-state index in [-0.39, 0.29) is 6.17 Å². The molecule has 1 aliphatic carbocycles. The van der Waals surface area contributed by atoms with E-state index in [0.29, 0.717) is 11.9 Å². The lowest BCUT2D eigenvalue weighted by molar-refractivity contribution is 0.383. The number of aromatic amines is 1. The fourth-order valence-corrected chi connectivity index (χ4v) is 4.44. The zero-order chi connectivity index (χ0) is 21.7. The number of aryl methyl sites for hydroxylation is 1. The quantitative estimate of drug-likeness (QED) is 0.221. The van der Waals surface area contributed by atoms with Crippen LogP contribution in [0.3, 0.4) is 0 Å². The van der Waals surface area contributed by atoms with Gasteiger partial charge in [0.25, 0.3) is 0 Å². The molecule has 0 radical (unpaired) electrons. The van der Waals surface area contributed by atoms with Crippen molar-refractivity contribution in [3.05, 3.63) is 77.4 Å². The molecule has 6 nitrogen and oxygen atoms in total. The van der Waals surface area contributed by atoms with Gasteiger partial charge in [-0.25, -0.2) is 4.98 Å². The zero-order valence-corrected chi connectivity index (χ0v) is 18.0. The van der Waals surface area contributed by atoms with Gasteiger partial charge in [-0.15, -0.1) is 0 Å². The Morgan fingerprint density at radius 2 is 1.88 bits per heavy atom. The van der Waals surface area contributed by atoms with Crippen molar-refractivity contribution in [2.45, 2.75) is 38.4 Å². The summed E-state index contributed by atoms with van der Waals surface area (Å²) < 4.78 is 0. The third-order valence-corrected chi connectivity index (χ3v) is 6.49. The number of hydrogen-bond donors (Lipinski definition) is 5. The fraction of sp³-hybridized carbons (Fsp3) is 0.231. The van der Waals surface area contributed by atoms with E-state index in [0.717, 1.165) is 52.2 Å². The first-order chi connectivity index (χ1) is 15.6. The molecule has 6 heteroatoms. The number of benzene rings is 3. The molecule has 1 atom stereocenters. The molecule has 0 spiro atoms. The smallest absolute Gasteiger partial charge is 0.138 e. The summed E-state index contributed by atoms with van der Waals surface area (Å²) in [6.07, 6.45) is 3.63. The molecule has 2 aliphatic rings. The standard InChI is InChI=1S/C26H26N6/c1-15-4-2-5-17(12-15)25-29-21-11-9-18(14-23(21)32-25)26-30-20-10-8-16(13-22(20)31-26)24(27)28-19-6-3-7-19/h2,4-5,8-14,19,25,29,32H,3,6-7H2,1H3,(H2,27,28)(H,30,31). The SMILES string of the molecule is Cc1cccc(C2Nc3ccc(-c4nc5ccc(C(=N)NC6CCC6)cc5[nH]4)cc3N2)c1. The maximum atomic E-state index is 8.37. The van der Waals surface area contributed by atoms with Crippen LogP contribution in [0, 0.1) is 12.3 Å². The number of hydrogen-bond acceptors (Lipinski definition) is 4. The zero-order valence-electron chi connectivity index (χ0n) is 18.0. The number of imidazole rings is 1. The molecule has 2 heterocycles. The van der Waals surface area contributed by atoms with E-state index in [1.54, 1.807) is 0 Å². The van der Waals surface area contributed by atoms with Crippen LogP contribution in [0.25, 0.3) is 22.4 Å². The van der Waals surface area contributed by atoms with Crippen LogP contribution >= 0.6 is 0 Å². The molecule has 32 heavy (non-hydrogen) atoms. The second-order valence-electron chi connectivity index (χ2n) is 8.86. The number of amidine groups is 1. The monoisotopic (exact) mass is 422 g/mol. The molecule has 0 bridgehead atoms. The number of fused-ring (bicyclic) bond motifs is 2. The Morgan fingerprint density at radius 3 is 2.69 bits per heavy atom. The van der Waals surface area contributed by atoms with E-state index in [1.807, 2.05) is 18.2 Å². The average molecular weight is 423 g/mol. The van der Waals surface area contributed by atoms with Crippen molar-refractivity contribution < 1.29 is 0 Å². The Labute approximate surface area is 187 Å². The van der Waals surface area contributed by atoms with Gasteiger partial charge >= 0.3 is 0 Å². The summed E-state index contributed by atoms with van der Waals surface area (Å²) in [6.45, 7) is 2.11. The van der Waals surface area contributed by atoms with E-state index in [4.69, 9.17) is 10.4 Å². The van der Waals surface area contributed by atoms with Crippen molar-refractivity contribution in [1.82, 2.24) is 15.3 Å². The highest BCUT2D eigenvalue weighted by molar-refractivity contribution is 5.99. The van der Waals surface area contributed by atoms with Crippen LogP contribution < -0.4 is 16.0 Å². The van der Waals surface area contributed by atoms with Gasteiger partial charge in [0.1, 0.15) is 17.8 Å². The summed E-state index contributed by atoms with van der Waals surface area (Å²) in [5.41, 5.74) is 8.41. The van der Waals surface area contributed by atoms with E-state index in [9.17, 15) is 0 Å². The van der Waals surface area contributed by atoms with Crippen LogP contribution in [-0.4, -0.2) is 21.8 Å². The first-order valence-corrected chi connectivity index (χ1v) is 11.2. The maximum absolute atomic E-state index is 8.37. The van der Waals surface area contributed by atoms with Gasteiger partial charge in [0.2, 0.25) is 0 Å². The van der Waals surface area contributed by atoms with Crippen molar-refractivity contribution in [1.29, 1.82) is 5.41 Å². The van der Waals surface area contributed by atoms with Crippen LogP contribution in [-0.2, 0) is 0 Å². The second kappa shape index (κ2) is 7.41. The second-order valence-corrected chi connectivity index (χ2v) is 8.86. The Bertz CT molecular complexity index is 1330. The highest BCUT2D eigenvalue weighted by Gasteiger charge is 2.22. The maximum Gasteiger partial charge on any atom is 0.138 e. The third-order valence-electron chi connectivity index (χ3n) is 6.49. The van der Waals surface area contributed by atoms with Gasteiger partial charge < -0.3 is 20.9 Å². The minimum absolute atomic E-state index is 0.0626. The summed E-state index contributed by atoms with van der Waals surface area (Å²) in [4.78, 5) is 8.24. The van der Waals surface area contributed by atoms with Gasteiger partial charge in [-0.1, -0.05) is 29.8 Å². The minimum atomic E-state index is 0.0626. The predicted octanol–water partition coefficient (Wildman–Crippen LogP) is 5.54. The van der Waals surface area contributed by atoms with Crippen LogP contribution in [0.4, 0.5) is 11.4 Å². The van der Waals surface area contributed by atoms with Crippen molar-refractivity contribution in [2.24, 2.45) is 0 Å². The molecular weight excluding hydrogens is 396 g/mol. The topological polar surface area (TPSA) is 88.6 Å². The van der Waals surface area contributed by atoms with Gasteiger partial charge in [-0.3, -0.25) is 5.41 Å². The Hall–Kier alpha value is -3.80. The van der Waals surface area contributed by atoms with Gasteiger partial charge in [0.05, 0.1) is 22.4 Å². The molecular formula is C26H26N6. The molecule has 1 aromatic heterocycles. The van der Waals surface area contributed by atoms with Gasteiger partial charge in [-0.05, 0) is 68.1 Å². The number of H-pyrrole nitrogens is 1. The number of nitrogens with one attached hydrogen (secondary N) is 5. The third kappa shape index (κ3) is 3.38. The van der Waals surface area contributed by atoms with E-state index in [2.05, 4.69) is 70.3 Å². The largest absolute Gasteiger partial charge is 0.367 e. The normalized spacial score (nSPS) is 17.3. The molecule has 3 aromatic carbocycles. The number of anilines is 2. The number of nitrogens with zero attached hydrogens (tertiary/aromatic N) is 1. The summed E-state index contributed by atoms with van der Waals surface area (Å²) >= 11 is 0. The molecule has 5 N–H and O–H groups in total. The van der Waals surface area contributed by atoms with Crippen molar-refractivity contribution >= 4 is 28.2 Å². The van der Waals surface area contributed by atoms with Crippen LogP contribution in [0.2, 0.25) is 0 Å². The summed E-state index contributed by atoms with van der Waals surface area (Å²) in [6, 6.07) is 21.3. The molecule has 0 saturated heterocycles. The van der Waals surface area contributed by atoms with Crippen molar-refractivity contribution in [3.63, 3.8) is 0 Å². The molecule has 4 aromatic rings. The van der Waals surface area contributed by atoms with Crippen molar-refractivity contribution in [2.75, 3.05) is 10.6 Å². The highest BCUT2D eigenvalue weighted by atomic mass is 15.2. The van der Waals surface area contributed by atoms with Gasteiger partial charge in [-0.2, -0.15) is 0 Å². The van der Waals surface area contributed by atoms with Crippen LogP contribution in [0.5, 0.6) is 0 Å². The number of aromatic nitrogens is 2. The molecule has 0 amide bonds. The minimum Gasteiger partial charge on any atom is -0.367 e. The van der Waals surface area contributed by atoms with Crippen molar-refractivity contribution in [3.8, 4) is 11.4 Å². The lowest BCUT2D eigenvalue weighted by Crippen LogP contribution is -2.39. The first kappa shape index (κ1) is 18.9. The van der Waals surface area contributed by atoms with E-state index < -0.39 is 0 Å².